The normalized spacial score (nSPS) is 10.6. The van der Waals surface area contributed by atoms with Crippen molar-refractivity contribution in [3.05, 3.63) is 39.8 Å². The number of anilines is 1. The molecule has 0 radical (unpaired) electrons. The molecule has 0 aliphatic rings. The van der Waals surface area contributed by atoms with Gasteiger partial charge < -0.3 is 10.6 Å². The molecule has 23 heavy (non-hydrogen) atoms. The number of nitrogens with zero attached hydrogens (tertiary/aromatic N) is 2. The molecule has 0 atom stereocenters. The molecule has 2 amide bonds. The first-order chi connectivity index (χ1) is 11.0. The zero-order valence-electron chi connectivity index (χ0n) is 13.4. The minimum Gasteiger partial charge on any atom is -0.350 e. The molecule has 0 aliphatic heterocycles. The van der Waals surface area contributed by atoms with Crippen molar-refractivity contribution in [2.24, 2.45) is 0 Å². The standard InChI is InChI=1S/C16H20N4O2S/c1-4-5-13-19-20-16(23-13)15(22)18-12-8-6-11(7-9-12)14(21)17-10(2)3/h6-10H,4-5H2,1-3H3,(H,17,21)(H,18,22). The van der Waals surface area contributed by atoms with E-state index < -0.39 is 0 Å². The molecule has 7 heteroatoms. The average molecular weight is 332 g/mol. The van der Waals surface area contributed by atoms with Crippen LogP contribution in [0.4, 0.5) is 5.69 Å². The molecule has 0 fully saturated rings. The Labute approximate surface area is 139 Å². The van der Waals surface area contributed by atoms with E-state index in [4.69, 9.17) is 0 Å². The average Bonchev–Trinajstić information content (AvgIpc) is 2.96. The maximum atomic E-state index is 12.1. The lowest BCUT2D eigenvalue weighted by Crippen LogP contribution is -2.30. The molecule has 1 aromatic carbocycles. The minimum atomic E-state index is -0.288. The Morgan fingerprint density at radius 1 is 1.13 bits per heavy atom. The van der Waals surface area contributed by atoms with Crippen molar-refractivity contribution in [1.29, 1.82) is 0 Å². The lowest BCUT2D eigenvalue weighted by molar-refractivity contribution is 0.0942. The Balaban J connectivity index is 1.99. The molecule has 0 aliphatic carbocycles. The Morgan fingerprint density at radius 3 is 2.43 bits per heavy atom. The van der Waals surface area contributed by atoms with Gasteiger partial charge in [0.2, 0.25) is 5.01 Å². The summed E-state index contributed by atoms with van der Waals surface area (Å²) in [6.07, 6.45) is 1.79. The van der Waals surface area contributed by atoms with Crippen molar-refractivity contribution in [1.82, 2.24) is 15.5 Å². The van der Waals surface area contributed by atoms with Gasteiger partial charge in [-0.25, -0.2) is 0 Å². The van der Waals surface area contributed by atoms with E-state index in [1.807, 2.05) is 13.8 Å². The smallest absolute Gasteiger partial charge is 0.286 e. The summed E-state index contributed by atoms with van der Waals surface area (Å²) in [5.74, 6) is -0.421. The number of hydrogen-bond acceptors (Lipinski definition) is 5. The van der Waals surface area contributed by atoms with Crippen molar-refractivity contribution < 1.29 is 9.59 Å². The van der Waals surface area contributed by atoms with Gasteiger partial charge in [0.15, 0.2) is 0 Å². The van der Waals surface area contributed by atoms with Crippen molar-refractivity contribution >= 4 is 28.8 Å². The van der Waals surface area contributed by atoms with E-state index in [1.165, 1.54) is 11.3 Å². The van der Waals surface area contributed by atoms with Crippen molar-refractivity contribution in [3.8, 4) is 0 Å². The second-order valence-corrected chi connectivity index (χ2v) is 6.47. The van der Waals surface area contributed by atoms with Crippen molar-refractivity contribution in [2.45, 2.75) is 39.7 Å². The Morgan fingerprint density at radius 2 is 1.83 bits per heavy atom. The van der Waals surface area contributed by atoms with Gasteiger partial charge in [0.05, 0.1) is 0 Å². The molecule has 0 saturated heterocycles. The van der Waals surface area contributed by atoms with Crippen LogP contribution in [0.1, 0.15) is 52.4 Å². The van der Waals surface area contributed by atoms with Crippen molar-refractivity contribution in [3.63, 3.8) is 0 Å². The maximum Gasteiger partial charge on any atom is 0.286 e. The van der Waals surface area contributed by atoms with Crippen LogP contribution < -0.4 is 10.6 Å². The molecule has 0 bridgehead atoms. The Hall–Kier alpha value is -2.28. The first-order valence-corrected chi connectivity index (χ1v) is 8.36. The van der Waals surface area contributed by atoms with Crippen LogP contribution in [0.2, 0.25) is 0 Å². The van der Waals surface area contributed by atoms with Crippen LogP contribution in [0.15, 0.2) is 24.3 Å². The number of aromatic nitrogens is 2. The van der Waals surface area contributed by atoms with Crippen LogP contribution in [0.25, 0.3) is 0 Å². The first-order valence-electron chi connectivity index (χ1n) is 7.54. The molecule has 6 nitrogen and oxygen atoms in total. The van der Waals surface area contributed by atoms with Gasteiger partial charge in [-0.2, -0.15) is 0 Å². The summed E-state index contributed by atoms with van der Waals surface area (Å²) in [4.78, 5) is 24.0. The largest absolute Gasteiger partial charge is 0.350 e. The van der Waals surface area contributed by atoms with E-state index in [1.54, 1.807) is 24.3 Å². The summed E-state index contributed by atoms with van der Waals surface area (Å²) in [5, 5.41) is 14.7. The predicted molar refractivity (Wildman–Crippen MR) is 90.9 cm³/mol. The van der Waals surface area contributed by atoms with Crippen LogP contribution in [-0.2, 0) is 6.42 Å². The lowest BCUT2D eigenvalue weighted by atomic mass is 10.2. The summed E-state index contributed by atoms with van der Waals surface area (Å²) in [6, 6.07) is 6.82. The molecule has 2 N–H and O–H groups in total. The van der Waals surface area contributed by atoms with E-state index in [9.17, 15) is 9.59 Å². The Bertz CT molecular complexity index is 680. The summed E-state index contributed by atoms with van der Waals surface area (Å²) in [7, 11) is 0. The molecule has 2 rings (SSSR count). The molecule has 2 aromatic rings. The molecule has 1 aromatic heterocycles. The number of carbonyl (C=O) groups excluding carboxylic acids is 2. The third kappa shape index (κ3) is 4.85. The topological polar surface area (TPSA) is 84.0 Å². The molecule has 0 saturated carbocycles. The number of nitrogens with one attached hydrogen (secondary N) is 2. The first kappa shape index (κ1) is 17.1. The Kier molecular flexibility index (Phi) is 5.81. The van der Waals surface area contributed by atoms with Gasteiger partial charge in [-0.1, -0.05) is 18.3 Å². The zero-order valence-corrected chi connectivity index (χ0v) is 14.2. The second-order valence-electron chi connectivity index (χ2n) is 5.41. The summed E-state index contributed by atoms with van der Waals surface area (Å²) in [5.41, 5.74) is 1.17. The molecular weight excluding hydrogens is 312 g/mol. The maximum absolute atomic E-state index is 12.1. The fourth-order valence-corrected chi connectivity index (χ4v) is 2.73. The summed E-state index contributed by atoms with van der Waals surface area (Å²) in [6.45, 7) is 5.86. The van der Waals surface area contributed by atoms with E-state index in [2.05, 4.69) is 27.8 Å². The van der Waals surface area contributed by atoms with Gasteiger partial charge >= 0.3 is 0 Å². The van der Waals surface area contributed by atoms with E-state index in [0.717, 1.165) is 17.8 Å². The minimum absolute atomic E-state index is 0.0802. The van der Waals surface area contributed by atoms with Crippen LogP contribution >= 0.6 is 11.3 Å². The van der Waals surface area contributed by atoms with Gasteiger partial charge in [0.1, 0.15) is 5.01 Å². The second kappa shape index (κ2) is 7.82. The monoisotopic (exact) mass is 332 g/mol. The van der Waals surface area contributed by atoms with Crippen LogP contribution in [0.5, 0.6) is 0 Å². The molecule has 0 unspecified atom stereocenters. The van der Waals surface area contributed by atoms with Gasteiger partial charge in [-0.3, -0.25) is 9.59 Å². The SMILES string of the molecule is CCCc1nnc(C(=O)Nc2ccc(C(=O)NC(C)C)cc2)s1. The number of benzene rings is 1. The highest BCUT2D eigenvalue weighted by Gasteiger charge is 2.13. The third-order valence-corrected chi connectivity index (χ3v) is 3.93. The van der Waals surface area contributed by atoms with Gasteiger partial charge in [-0.05, 0) is 44.5 Å². The van der Waals surface area contributed by atoms with E-state index in [-0.39, 0.29) is 17.9 Å². The van der Waals surface area contributed by atoms with E-state index >= 15 is 0 Å². The summed E-state index contributed by atoms with van der Waals surface area (Å²) < 4.78 is 0. The van der Waals surface area contributed by atoms with Crippen molar-refractivity contribution in [2.75, 3.05) is 5.32 Å². The fraction of sp³-hybridized carbons (Fsp3) is 0.375. The number of amides is 2. The molecule has 0 spiro atoms. The molecule has 1 heterocycles. The third-order valence-electron chi connectivity index (χ3n) is 2.95. The highest BCUT2D eigenvalue weighted by Crippen LogP contribution is 2.15. The molecular formula is C16H20N4O2S. The number of rotatable bonds is 6. The fourth-order valence-electron chi connectivity index (χ4n) is 1.90. The number of aryl methyl sites for hydroxylation is 1. The highest BCUT2D eigenvalue weighted by molar-refractivity contribution is 7.13. The lowest BCUT2D eigenvalue weighted by Gasteiger charge is -2.09. The van der Waals surface area contributed by atoms with Crippen LogP contribution in [0, 0.1) is 0 Å². The van der Waals surface area contributed by atoms with Gasteiger partial charge in [-0.15, -0.1) is 10.2 Å². The quantitative estimate of drug-likeness (QED) is 0.852. The van der Waals surface area contributed by atoms with Gasteiger partial charge in [0, 0.05) is 23.7 Å². The predicted octanol–water partition coefficient (Wildman–Crippen LogP) is 2.88. The molecule has 122 valence electrons. The number of hydrogen-bond donors (Lipinski definition) is 2. The van der Waals surface area contributed by atoms with E-state index in [0.29, 0.717) is 16.3 Å². The summed E-state index contributed by atoms with van der Waals surface area (Å²) >= 11 is 1.30. The van der Waals surface area contributed by atoms with Gasteiger partial charge in [0.25, 0.3) is 11.8 Å². The highest BCUT2D eigenvalue weighted by atomic mass is 32.1. The van der Waals surface area contributed by atoms with Crippen LogP contribution in [-0.4, -0.2) is 28.1 Å². The van der Waals surface area contributed by atoms with Crippen LogP contribution in [0.3, 0.4) is 0 Å². The zero-order chi connectivity index (χ0) is 16.8. The number of carbonyl (C=O) groups is 2.